The highest BCUT2D eigenvalue weighted by atomic mass is 32.2. The summed E-state index contributed by atoms with van der Waals surface area (Å²) in [7, 11) is -11.4. The smallest absolute Gasteiger partial charge is 0.281 e. The Bertz CT molecular complexity index is 3710. The van der Waals surface area contributed by atoms with E-state index >= 15 is 0 Å². The topological polar surface area (TPSA) is 243 Å². The van der Waals surface area contributed by atoms with Crippen LogP contribution >= 0.6 is 0 Å². The van der Waals surface area contributed by atoms with Gasteiger partial charge in [-0.05, 0) is 72.8 Å². The largest absolute Gasteiger partial charge is 0.458 e. The van der Waals surface area contributed by atoms with Gasteiger partial charge in [0.25, 0.3) is 11.8 Å². The molecule has 4 atom stereocenters. The maximum Gasteiger partial charge on any atom is 0.281 e. The number of nitriles is 2. The second kappa shape index (κ2) is 21.1. The number of hydrogen-bond donors (Lipinski definition) is 3. The number of sulfone groups is 3. The second-order valence-corrected chi connectivity index (χ2v) is 23.6. The lowest BCUT2D eigenvalue weighted by Crippen LogP contribution is -2.22. The number of rotatable bonds is 9. The molecule has 0 amide bonds. The summed E-state index contributed by atoms with van der Waals surface area (Å²) in [6.45, 7) is 6.92. The zero-order valence-electron chi connectivity index (χ0n) is 39.7. The van der Waals surface area contributed by atoms with Gasteiger partial charge in [-0.25, -0.2) is 65.2 Å². The summed E-state index contributed by atoms with van der Waals surface area (Å²) in [5.41, 5.74) is -1.04. The molecule has 0 spiro atoms. The van der Waals surface area contributed by atoms with E-state index in [-0.39, 0.29) is 84.9 Å². The maximum absolute atomic E-state index is 14.0. The fourth-order valence-corrected chi connectivity index (χ4v) is 11.5. The maximum atomic E-state index is 14.0. The normalized spacial score (nSPS) is 18.6. The van der Waals surface area contributed by atoms with Crippen molar-refractivity contribution < 1.29 is 89.9 Å². The molecule has 15 nitrogen and oxygen atoms in total. The van der Waals surface area contributed by atoms with Gasteiger partial charge in [-0.15, -0.1) is 0 Å². The van der Waals surface area contributed by atoms with E-state index in [1.807, 2.05) is 0 Å². The SMILES string of the molecule is CS(=O)(=O)c1ccc(Oc2cc(F)cc(C#N)c2)c2c1[C@@H](O)C(F)(F)C2.CS(=O)(=O)c1ccc(Oc2cc(F)cc(C#N)c2)c2c1[C@H](O)[C@H](F)C2.[C-]#[N+]c1cc(F)cc(Oc2ccc(S(C)(=O)=O)c3c2CC(F)(F)[C@H]3O)c1. The Morgan fingerprint density at radius 1 is 0.558 bits per heavy atom. The summed E-state index contributed by atoms with van der Waals surface area (Å²) in [4.78, 5) is 2.08. The van der Waals surface area contributed by atoms with Crippen LogP contribution in [0.2, 0.25) is 0 Å². The first-order valence-corrected chi connectivity index (χ1v) is 27.6. The van der Waals surface area contributed by atoms with Crippen molar-refractivity contribution in [3.63, 3.8) is 0 Å². The molecule has 6 aromatic rings. The molecule has 0 aliphatic heterocycles. The molecule has 6 aromatic carbocycles. The molecule has 0 unspecified atom stereocenters. The lowest BCUT2D eigenvalue weighted by molar-refractivity contribution is -0.0978. The van der Waals surface area contributed by atoms with Crippen LogP contribution in [-0.4, -0.2) is 77.4 Å². The van der Waals surface area contributed by atoms with E-state index in [1.165, 1.54) is 42.5 Å². The zero-order valence-corrected chi connectivity index (χ0v) is 42.1. The van der Waals surface area contributed by atoms with Gasteiger partial charge in [-0.3, -0.25) is 0 Å². The number of halogens is 8. The first-order chi connectivity index (χ1) is 35.8. The summed E-state index contributed by atoms with van der Waals surface area (Å²) >= 11 is 0. The third kappa shape index (κ3) is 12.2. The number of aliphatic hydroxyl groups excluding tert-OH is 3. The first kappa shape index (κ1) is 57.1. The Kier molecular flexibility index (Phi) is 15.6. The zero-order chi connectivity index (χ0) is 56.9. The molecule has 0 saturated carbocycles. The number of ether oxygens (including phenoxy) is 3. The Morgan fingerprint density at radius 2 is 0.909 bits per heavy atom. The molecule has 402 valence electrons. The minimum absolute atomic E-state index is 0.0163. The van der Waals surface area contributed by atoms with Gasteiger partial charge in [0, 0.05) is 89.6 Å². The quantitative estimate of drug-likeness (QED) is 0.0902. The van der Waals surface area contributed by atoms with Crippen molar-refractivity contribution in [3.8, 4) is 46.6 Å². The third-order valence-electron chi connectivity index (χ3n) is 11.9. The average Bonchev–Trinajstić information content (AvgIpc) is 3.97. The van der Waals surface area contributed by atoms with Gasteiger partial charge >= 0.3 is 0 Å². The highest BCUT2D eigenvalue weighted by Gasteiger charge is 2.51. The van der Waals surface area contributed by atoms with Crippen LogP contribution < -0.4 is 14.2 Å². The molecule has 0 saturated heterocycles. The van der Waals surface area contributed by atoms with Gasteiger partial charge in [-0.2, -0.15) is 10.5 Å². The van der Waals surface area contributed by atoms with Crippen LogP contribution in [0.4, 0.5) is 40.8 Å². The number of nitrogens with zero attached hydrogens (tertiary/aromatic N) is 3. The van der Waals surface area contributed by atoms with E-state index in [1.54, 1.807) is 12.1 Å². The van der Waals surface area contributed by atoms with E-state index in [0.717, 1.165) is 67.3 Å². The second-order valence-electron chi connectivity index (χ2n) is 17.7. The minimum Gasteiger partial charge on any atom is -0.458 e. The van der Waals surface area contributed by atoms with Crippen LogP contribution in [0.3, 0.4) is 0 Å². The Hall–Kier alpha value is -7.64. The molecular weight excluding hydrogens is 1090 g/mol. The van der Waals surface area contributed by atoms with Crippen molar-refractivity contribution in [3.05, 3.63) is 164 Å². The molecule has 3 N–H and O–H groups in total. The number of alkyl halides is 5. The number of hydrogen-bond acceptors (Lipinski definition) is 14. The fraction of sp³-hybridized carbons (Fsp3) is 0.235. The predicted octanol–water partition coefficient (Wildman–Crippen LogP) is 9.74. The van der Waals surface area contributed by atoms with E-state index in [0.29, 0.717) is 0 Å². The van der Waals surface area contributed by atoms with Gasteiger partial charge in [-0.1, -0.05) is 0 Å². The van der Waals surface area contributed by atoms with Crippen molar-refractivity contribution in [2.75, 3.05) is 18.8 Å². The lowest BCUT2D eigenvalue weighted by Gasteiger charge is -2.15. The highest BCUT2D eigenvalue weighted by Crippen LogP contribution is 2.52. The van der Waals surface area contributed by atoms with Crippen molar-refractivity contribution in [1.82, 2.24) is 0 Å². The third-order valence-corrected chi connectivity index (χ3v) is 15.4. The van der Waals surface area contributed by atoms with Crippen LogP contribution in [0.1, 0.15) is 62.8 Å². The van der Waals surface area contributed by atoms with E-state index in [9.17, 15) is 75.7 Å². The predicted molar refractivity (Wildman–Crippen MR) is 255 cm³/mol. The molecule has 9 rings (SSSR count). The molecule has 3 aliphatic carbocycles. The Morgan fingerprint density at radius 3 is 1.27 bits per heavy atom. The lowest BCUT2D eigenvalue weighted by atomic mass is 10.1. The van der Waals surface area contributed by atoms with Crippen LogP contribution in [0.25, 0.3) is 4.85 Å². The fourth-order valence-electron chi connectivity index (χ4n) is 8.62. The molecule has 77 heavy (non-hydrogen) atoms. The summed E-state index contributed by atoms with van der Waals surface area (Å²) in [5, 5.41) is 47.6. The van der Waals surface area contributed by atoms with Crippen LogP contribution in [-0.2, 0) is 48.8 Å². The molecule has 0 fully saturated rings. The Labute approximate surface area is 433 Å². The van der Waals surface area contributed by atoms with E-state index < -0.39 is 117 Å². The Balaban J connectivity index is 0.000000168. The molecule has 3 aliphatic rings. The number of fused-ring (bicyclic) bond motifs is 3. The minimum atomic E-state index is -3.87. The summed E-state index contributed by atoms with van der Waals surface area (Å²) in [5.74, 6) is -9.68. The summed E-state index contributed by atoms with van der Waals surface area (Å²) in [6, 6.07) is 20.2. The van der Waals surface area contributed by atoms with Gasteiger partial charge in [0.2, 0.25) is 0 Å². The number of aliphatic hydroxyl groups is 3. The number of benzene rings is 6. The summed E-state index contributed by atoms with van der Waals surface area (Å²) in [6.07, 6.45) is -7.25. The standard InChI is InChI=1S/2C17H12F3NO4S.C17H13F2NO4S/c1-21-10-5-9(18)6-11(7-10)25-13-3-4-14(26(2,23)24)15-12(13)8-17(19,20)16(15)22;1-26(23,24)14-3-2-13(12-7-17(19,20)16(22)15(12)14)25-11-5-9(8-21)4-10(18)6-11;1-25(22,23)15-3-2-14(12-7-13(19)17(21)16(12)15)24-11-5-9(8-20)4-10(18)6-11/h3-7,16,22H,8H2,2H3;2-6,16,22H,7H2,1H3;2-6,13,17,21H,7H2,1H3/t2*16-;13-,17-/m011/s1. The van der Waals surface area contributed by atoms with Crippen LogP contribution in [0, 0.1) is 46.7 Å². The van der Waals surface area contributed by atoms with Crippen LogP contribution in [0.15, 0.2) is 106 Å². The summed E-state index contributed by atoms with van der Waals surface area (Å²) < 4.78 is 198. The van der Waals surface area contributed by atoms with Gasteiger partial charge in [0.15, 0.2) is 35.2 Å². The van der Waals surface area contributed by atoms with Gasteiger partial charge in [0.05, 0.1) is 44.5 Å². The van der Waals surface area contributed by atoms with E-state index in [2.05, 4.69) is 4.85 Å². The van der Waals surface area contributed by atoms with Crippen LogP contribution in [0.5, 0.6) is 34.5 Å². The highest BCUT2D eigenvalue weighted by molar-refractivity contribution is 7.91. The van der Waals surface area contributed by atoms with Crippen molar-refractivity contribution in [2.24, 2.45) is 0 Å². The molecular formula is C51H37F8N3O12S3. The van der Waals surface area contributed by atoms with Gasteiger partial charge in [0.1, 0.15) is 76.4 Å². The molecule has 0 heterocycles. The van der Waals surface area contributed by atoms with Crippen molar-refractivity contribution in [1.29, 1.82) is 10.5 Å². The van der Waals surface area contributed by atoms with Crippen molar-refractivity contribution in [2.45, 2.75) is 70.3 Å². The van der Waals surface area contributed by atoms with Crippen molar-refractivity contribution >= 4 is 35.2 Å². The molecule has 0 radical (unpaired) electrons. The molecule has 0 aromatic heterocycles. The van der Waals surface area contributed by atoms with E-state index in [4.69, 9.17) is 31.3 Å². The average molecular weight is 1130 g/mol. The van der Waals surface area contributed by atoms with Gasteiger partial charge < -0.3 is 29.5 Å². The monoisotopic (exact) mass is 1130 g/mol. The molecule has 26 heteroatoms. The first-order valence-electron chi connectivity index (χ1n) is 21.9. The molecule has 0 bridgehead atoms.